The molecule has 0 atom stereocenters. The quantitative estimate of drug-likeness (QED) is 0.285. The number of nitrogens with zero attached hydrogens (tertiary/aromatic N) is 2. The SMILES string of the molecule is Cc1cncc(C)c1Oc1cc(C(C)(C)C(C)(C)O)sc1-c1cn(C)c(=O)c2[nH]c(C(=O)NC(C)C)cc12. The summed E-state index contributed by atoms with van der Waals surface area (Å²) in [5.74, 6) is 1.03. The minimum absolute atomic E-state index is 0.0491. The minimum Gasteiger partial charge on any atom is -0.455 e. The summed E-state index contributed by atoms with van der Waals surface area (Å²) in [6.07, 6.45) is 5.28. The highest BCUT2D eigenvalue weighted by molar-refractivity contribution is 7.16. The molecule has 0 aliphatic heterocycles. The number of aromatic nitrogens is 3. The van der Waals surface area contributed by atoms with Crippen LogP contribution in [-0.4, -0.2) is 37.2 Å². The lowest BCUT2D eigenvalue weighted by Gasteiger charge is -2.36. The predicted octanol–water partition coefficient (Wildman–Crippen LogP) is 5.59. The van der Waals surface area contributed by atoms with Crippen molar-refractivity contribution < 1.29 is 14.6 Å². The molecule has 1 amide bonds. The predicted molar refractivity (Wildman–Crippen MR) is 153 cm³/mol. The third-order valence-corrected chi connectivity index (χ3v) is 8.66. The van der Waals surface area contributed by atoms with Crippen LogP contribution in [0.25, 0.3) is 21.3 Å². The van der Waals surface area contributed by atoms with Gasteiger partial charge in [0.25, 0.3) is 11.5 Å². The molecule has 202 valence electrons. The number of pyridine rings is 2. The molecule has 0 unspecified atom stereocenters. The molecule has 0 aliphatic rings. The Hall–Kier alpha value is -3.43. The number of nitrogens with one attached hydrogen (secondary N) is 2. The number of fused-ring (bicyclic) bond motifs is 1. The van der Waals surface area contributed by atoms with Gasteiger partial charge < -0.3 is 24.7 Å². The summed E-state index contributed by atoms with van der Waals surface area (Å²) in [6, 6.07) is 3.64. The normalized spacial score (nSPS) is 12.4. The first-order valence-electron chi connectivity index (χ1n) is 12.6. The van der Waals surface area contributed by atoms with Gasteiger partial charge in [0.15, 0.2) is 0 Å². The zero-order valence-electron chi connectivity index (χ0n) is 23.4. The van der Waals surface area contributed by atoms with Gasteiger partial charge >= 0.3 is 0 Å². The van der Waals surface area contributed by atoms with E-state index in [2.05, 4.69) is 15.3 Å². The molecule has 4 rings (SSSR count). The van der Waals surface area contributed by atoms with Crippen LogP contribution in [0.3, 0.4) is 0 Å². The molecule has 4 aromatic heterocycles. The zero-order valence-corrected chi connectivity index (χ0v) is 24.3. The van der Waals surface area contributed by atoms with Gasteiger partial charge in [0, 0.05) is 64.0 Å². The van der Waals surface area contributed by atoms with Gasteiger partial charge in [-0.15, -0.1) is 11.3 Å². The summed E-state index contributed by atoms with van der Waals surface area (Å²) < 4.78 is 8.06. The largest absolute Gasteiger partial charge is 0.455 e. The lowest BCUT2D eigenvalue weighted by atomic mass is 9.76. The molecule has 3 N–H and O–H groups in total. The van der Waals surface area contributed by atoms with Crippen LogP contribution in [-0.2, 0) is 12.5 Å². The summed E-state index contributed by atoms with van der Waals surface area (Å²) in [4.78, 5) is 34.9. The maximum atomic E-state index is 13.1. The third-order valence-electron chi connectivity index (χ3n) is 7.18. The number of aromatic amines is 1. The maximum absolute atomic E-state index is 13.1. The van der Waals surface area contributed by atoms with E-state index in [-0.39, 0.29) is 17.5 Å². The molecule has 0 fully saturated rings. The number of thiophene rings is 1. The van der Waals surface area contributed by atoms with E-state index in [4.69, 9.17) is 4.74 Å². The van der Waals surface area contributed by atoms with Gasteiger partial charge in [-0.25, -0.2) is 0 Å². The van der Waals surface area contributed by atoms with E-state index in [1.165, 1.54) is 15.9 Å². The van der Waals surface area contributed by atoms with Gasteiger partial charge in [-0.2, -0.15) is 0 Å². The van der Waals surface area contributed by atoms with E-state index in [1.54, 1.807) is 45.6 Å². The fourth-order valence-corrected chi connectivity index (χ4v) is 5.55. The second-order valence-corrected chi connectivity index (χ2v) is 12.3. The summed E-state index contributed by atoms with van der Waals surface area (Å²) >= 11 is 1.50. The second-order valence-electron chi connectivity index (χ2n) is 11.3. The average Bonchev–Trinajstić information content (AvgIpc) is 3.43. The van der Waals surface area contributed by atoms with E-state index in [0.29, 0.717) is 28.1 Å². The van der Waals surface area contributed by atoms with Crippen LogP contribution in [0.4, 0.5) is 0 Å². The Bertz CT molecular complexity index is 1560. The standard InChI is InChI=1S/C29H36N4O4S/c1-15(2)31-26(34)20-10-18-19(14-33(9)27(35)23(18)32-20)25-21(37-24-16(3)12-30-13-17(24)4)11-22(38-25)28(5,6)29(7,8)36/h10-15,32,36H,1-9H3,(H,31,34). The first-order valence-corrected chi connectivity index (χ1v) is 13.4. The zero-order chi connectivity index (χ0) is 28.2. The number of amides is 1. The molecule has 0 aliphatic carbocycles. The van der Waals surface area contributed by atoms with Crippen molar-refractivity contribution in [2.24, 2.45) is 7.05 Å². The highest BCUT2D eigenvalue weighted by Gasteiger charge is 2.39. The van der Waals surface area contributed by atoms with Crippen molar-refractivity contribution in [2.75, 3.05) is 0 Å². The Morgan fingerprint density at radius 3 is 2.37 bits per heavy atom. The smallest absolute Gasteiger partial charge is 0.274 e. The van der Waals surface area contributed by atoms with Gasteiger partial charge in [-0.1, -0.05) is 13.8 Å². The molecule has 0 saturated heterocycles. The Balaban J connectivity index is 1.99. The van der Waals surface area contributed by atoms with E-state index in [9.17, 15) is 14.7 Å². The van der Waals surface area contributed by atoms with Crippen molar-refractivity contribution in [2.45, 2.75) is 72.4 Å². The number of carbonyl (C=O) groups is 1. The molecule has 0 aromatic carbocycles. The van der Waals surface area contributed by atoms with Crippen LogP contribution in [0.2, 0.25) is 0 Å². The first-order chi connectivity index (χ1) is 17.6. The van der Waals surface area contributed by atoms with Gasteiger partial charge in [0.2, 0.25) is 0 Å². The van der Waals surface area contributed by atoms with Crippen molar-refractivity contribution in [1.29, 1.82) is 0 Å². The summed E-state index contributed by atoms with van der Waals surface area (Å²) in [5.41, 5.74) is 1.36. The molecule has 0 spiro atoms. The minimum atomic E-state index is -1.01. The molecule has 38 heavy (non-hydrogen) atoms. The molecule has 8 nitrogen and oxygen atoms in total. The number of aryl methyl sites for hydroxylation is 3. The Morgan fingerprint density at radius 2 is 1.79 bits per heavy atom. The molecule has 0 bridgehead atoms. The Kier molecular flexibility index (Phi) is 7.05. The summed E-state index contributed by atoms with van der Waals surface area (Å²) in [5, 5.41) is 14.5. The van der Waals surface area contributed by atoms with Crippen LogP contribution in [0.5, 0.6) is 11.5 Å². The molecule has 0 saturated carbocycles. The summed E-state index contributed by atoms with van der Waals surface area (Å²) in [6.45, 7) is 15.2. The first kappa shape index (κ1) is 27.6. The Morgan fingerprint density at radius 1 is 1.16 bits per heavy atom. The highest BCUT2D eigenvalue weighted by atomic mass is 32.1. The molecule has 4 aromatic rings. The van der Waals surface area contributed by atoms with Crippen molar-refractivity contribution in [3.05, 3.63) is 62.8 Å². The van der Waals surface area contributed by atoms with Gasteiger partial charge in [0.1, 0.15) is 22.7 Å². The topological polar surface area (TPSA) is 109 Å². The third kappa shape index (κ3) is 4.88. The maximum Gasteiger partial charge on any atom is 0.274 e. The Labute approximate surface area is 226 Å². The number of hydrogen-bond donors (Lipinski definition) is 3. The van der Waals surface area contributed by atoms with Crippen LogP contribution in [0.1, 0.15) is 68.0 Å². The average molecular weight is 537 g/mol. The van der Waals surface area contributed by atoms with Crippen LogP contribution in [0.15, 0.2) is 35.5 Å². The summed E-state index contributed by atoms with van der Waals surface area (Å²) in [7, 11) is 1.69. The van der Waals surface area contributed by atoms with Crippen LogP contribution < -0.4 is 15.6 Å². The number of ether oxygens (including phenoxy) is 1. The van der Waals surface area contributed by atoms with E-state index in [1.807, 2.05) is 47.6 Å². The molecular weight excluding hydrogens is 500 g/mol. The molecule has 4 heterocycles. The van der Waals surface area contributed by atoms with Gasteiger partial charge in [-0.05, 0) is 53.7 Å². The number of rotatable bonds is 7. The van der Waals surface area contributed by atoms with Gasteiger partial charge in [-0.3, -0.25) is 14.6 Å². The van der Waals surface area contributed by atoms with Crippen molar-refractivity contribution in [1.82, 2.24) is 19.9 Å². The molecule has 0 radical (unpaired) electrons. The lowest BCUT2D eigenvalue weighted by Crippen LogP contribution is -2.41. The van der Waals surface area contributed by atoms with Crippen molar-refractivity contribution in [3.63, 3.8) is 0 Å². The van der Waals surface area contributed by atoms with Crippen LogP contribution >= 0.6 is 11.3 Å². The van der Waals surface area contributed by atoms with Crippen molar-refractivity contribution >= 4 is 28.1 Å². The van der Waals surface area contributed by atoms with Gasteiger partial charge in [0.05, 0.1) is 10.5 Å². The second kappa shape index (κ2) is 9.71. The number of H-pyrrole nitrogens is 1. The van der Waals surface area contributed by atoms with Crippen molar-refractivity contribution in [3.8, 4) is 21.9 Å². The number of aliphatic hydroxyl groups is 1. The monoisotopic (exact) mass is 536 g/mol. The fraction of sp³-hybridized carbons (Fsp3) is 0.414. The van der Waals surface area contributed by atoms with E-state index < -0.39 is 11.0 Å². The molecule has 9 heteroatoms. The lowest BCUT2D eigenvalue weighted by molar-refractivity contribution is 0.0112. The van der Waals surface area contributed by atoms with Crippen LogP contribution in [0, 0.1) is 13.8 Å². The van der Waals surface area contributed by atoms with E-state index >= 15 is 0 Å². The fourth-order valence-electron chi connectivity index (χ4n) is 4.18. The molecular formula is C29H36N4O4S. The number of hydrogen-bond acceptors (Lipinski definition) is 6. The number of carbonyl (C=O) groups excluding carboxylic acids is 1. The van der Waals surface area contributed by atoms with E-state index in [0.717, 1.165) is 26.4 Å². The highest BCUT2D eigenvalue weighted by Crippen LogP contribution is 2.49.